The van der Waals surface area contributed by atoms with Crippen LogP contribution in [-0.2, 0) is 6.54 Å². The van der Waals surface area contributed by atoms with Gasteiger partial charge in [-0.15, -0.1) is 0 Å². The van der Waals surface area contributed by atoms with E-state index in [0.29, 0.717) is 5.41 Å². The highest BCUT2D eigenvalue weighted by Crippen LogP contribution is 2.22. The van der Waals surface area contributed by atoms with E-state index in [2.05, 4.69) is 31.2 Å². The average molecular weight is 237 g/mol. The summed E-state index contributed by atoms with van der Waals surface area (Å²) in [5.41, 5.74) is 0.416. The molecule has 0 aliphatic carbocycles. The van der Waals surface area contributed by atoms with E-state index in [1.54, 1.807) is 0 Å². The van der Waals surface area contributed by atoms with Crippen molar-refractivity contribution in [2.24, 2.45) is 5.41 Å². The highest BCUT2D eigenvalue weighted by molar-refractivity contribution is 4.78. The average Bonchev–Trinajstić information content (AvgIpc) is 2.77. The van der Waals surface area contributed by atoms with Gasteiger partial charge in [-0.3, -0.25) is 4.68 Å². The molecule has 3 nitrogen and oxygen atoms in total. The van der Waals surface area contributed by atoms with E-state index in [-0.39, 0.29) is 0 Å². The van der Waals surface area contributed by atoms with Gasteiger partial charge in [-0.2, -0.15) is 5.10 Å². The maximum atomic E-state index is 4.19. The molecule has 1 aromatic rings. The third-order valence-electron chi connectivity index (χ3n) is 3.14. The van der Waals surface area contributed by atoms with Crippen molar-refractivity contribution in [3.05, 3.63) is 18.5 Å². The van der Waals surface area contributed by atoms with E-state index in [1.165, 1.54) is 25.7 Å². The first-order valence-corrected chi connectivity index (χ1v) is 6.82. The van der Waals surface area contributed by atoms with Crippen LogP contribution < -0.4 is 5.32 Å². The predicted molar refractivity (Wildman–Crippen MR) is 73.0 cm³/mol. The molecule has 0 bridgehead atoms. The van der Waals surface area contributed by atoms with Gasteiger partial charge >= 0.3 is 0 Å². The molecule has 0 aliphatic heterocycles. The number of hydrogen-bond acceptors (Lipinski definition) is 2. The van der Waals surface area contributed by atoms with Gasteiger partial charge in [0.05, 0.1) is 6.54 Å². The van der Waals surface area contributed by atoms with Crippen molar-refractivity contribution in [3.8, 4) is 0 Å². The second-order valence-corrected chi connectivity index (χ2v) is 5.57. The Hall–Kier alpha value is -0.830. The Labute approximate surface area is 106 Å². The van der Waals surface area contributed by atoms with Gasteiger partial charge in [-0.25, -0.2) is 0 Å². The summed E-state index contributed by atoms with van der Waals surface area (Å²) in [5.74, 6) is 0. The number of nitrogens with zero attached hydrogens (tertiary/aromatic N) is 2. The van der Waals surface area contributed by atoms with Gasteiger partial charge in [0.25, 0.3) is 0 Å². The lowest BCUT2D eigenvalue weighted by Crippen LogP contribution is -2.31. The molecular weight excluding hydrogens is 210 g/mol. The number of unbranched alkanes of at least 4 members (excludes halogenated alkanes) is 2. The first-order valence-electron chi connectivity index (χ1n) is 6.82. The molecule has 0 saturated carbocycles. The molecule has 0 saturated heterocycles. The van der Waals surface area contributed by atoms with E-state index in [0.717, 1.165) is 19.6 Å². The molecule has 98 valence electrons. The third kappa shape index (κ3) is 6.47. The lowest BCUT2D eigenvalue weighted by atomic mass is 9.87. The maximum Gasteiger partial charge on any atom is 0.0533 e. The van der Waals surface area contributed by atoms with Crippen molar-refractivity contribution in [1.29, 1.82) is 0 Å². The van der Waals surface area contributed by atoms with Crippen LogP contribution in [0.4, 0.5) is 0 Å². The second kappa shape index (κ2) is 7.49. The molecule has 0 fully saturated rings. The summed E-state index contributed by atoms with van der Waals surface area (Å²) >= 11 is 0. The zero-order valence-electron chi connectivity index (χ0n) is 11.6. The molecule has 0 atom stereocenters. The maximum absolute atomic E-state index is 4.19. The summed E-state index contributed by atoms with van der Waals surface area (Å²) in [5, 5.41) is 7.72. The van der Waals surface area contributed by atoms with E-state index < -0.39 is 0 Å². The smallest absolute Gasteiger partial charge is 0.0533 e. The van der Waals surface area contributed by atoms with Crippen LogP contribution in [0.3, 0.4) is 0 Å². The van der Waals surface area contributed by atoms with Crippen molar-refractivity contribution >= 4 is 0 Å². The van der Waals surface area contributed by atoms with Crippen LogP contribution in [0.15, 0.2) is 18.5 Å². The van der Waals surface area contributed by atoms with Gasteiger partial charge in [0.1, 0.15) is 0 Å². The molecule has 0 radical (unpaired) electrons. The zero-order chi connectivity index (χ0) is 12.6. The fourth-order valence-electron chi connectivity index (χ4n) is 2.00. The van der Waals surface area contributed by atoms with Gasteiger partial charge in [-0.1, -0.05) is 40.0 Å². The molecule has 0 aromatic carbocycles. The molecule has 1 N–H and O–H groups in total. The fraction of sp³-hybridized carbons (Fsp3) is 0.786. The molecule has 0 amide bonds. The molecule has 17 heavy (non-hydrogen) atoms. The Bertz CT molecular complexity index is 278. The van der Waals surface area contributed by atoms with E-state index >= 15 is 0 Å². The van der Waals surface area contributed by atoms with E-state index in [9.17, 15) is 0 Å². The summed E-state index contributed by atoms with van der Waals surface area (Å²) in [6, 6.07) is 1.97. The molecule has 1 rings (SSSR count). The minimum Gasteiger partial charge on any atom is -0.314 e. The monoisotopic (exact) mass is 237 g/mol. The molecule has 0 unspecified atom stereocenters. The van der Waals surface area contributed by atoms with Crippen molar-refractivity contribution in [2.75, 3.05) is 13.1 Å². The topological polar surface area (TPSA) is 29.9 Å². The van der Waals surface area contributed by atoms with Gasteiger partial charge in [0, 0.05) is 25.5 Å². The van der Waals surface area contributed by atoms with Crippen LogP contribution >= 0.6 is 0 Å². The fourth-order valence-corrected chi connectivity index (χ4v) is 2.00. The van der Waals surface area contributed by atoms with Crippen LogP contribution in [0.2, 0.25) is 0 Å². The van der Waals surface area contributed by atoms with Crippen LogP contribution in [-0.4, -0.2) is 22.9 Å². The van der Waals surface area contributed by atoms with Crippen molar-refractivity contribution < 1.29 is 0 Å². The van der Waals surface area contributed by atoms with Crippen LogP contribution in [0, 0.1) is 5.41 Å². The number of rotatable bonds is 9. The van der Waals surface area contributed by atoms with Gasteiger partial charge in [-0.05, 0) is 17.9 Å². The van der Waals surface area contributed by atoms with Gasteiger partial charge in [0.2, 0.25) is 0 Å². The number of nitrogens with one attached hydrogen (secondary N) is 1. The Morgan fingerprint density at radius 2 is 2.12 bits per heavy atom. The molecule has 0 spiro atoms. The molecule has 1 aromatic heterocycles. The van der Waals surface area contributed by atoms with Gasteiger partial charge < -0.3 is 5.32 Å². The second-order valence-electron chi connectivity index (χ2n) is 5.57. The Kier molecular flexibility index (Phi) is 6.27. The summed E-state index contributed by atoms with van der Waals surface area (Å²) in [7, 11) is 0. The Morgan fingerprint density at radius 1 is 1.29 bits per heavy atom. The van der Waals surface area contributed by atoms with Crippen LogP contribution in [0.1, 0.15) is 46.5 Å². The van der Waals surface area contributed by atoms with Crippen LogP contribution in [0.5, 0.6) is 0 Å². The summed E-state index contributed by atoms with van der Waals surface area (Å²) in [4.78, 5) is 0. The van der Waals surface area contributed by atoms with Crippen LogP contribution in [0.25, 0.3) is 0 Å². The lowest BCUT2D eigenvalue weighted by Gasteiger charge is -2.25. The largest absolute Gasteiger partial charge is 0.314 e. The minimum absolute atomic E-state index is 0.416. The summed E-state index contributed by atoms with van der Waals surface area (Å²) < 4.78 is 1.97. The van der Waals surface area contributed by atoms with E-state index in [4.69, 9.17) is 0 Å². The molecule has 3 heteroatoms. The Balaban J connectivity index is 2.07. The number of aromatic nitrogens is 2. The van der Waals surface area contributed by atoms with Crippen molar-refractivity contribution in [1.82, 2.24) is 15.1 Å². The SMILES string of the molecule is CCCCCC(C)(C)CNCCn1cccn1. The first-order chi connectivity index (χ1) is 8.14. The zero-order valence-corrected chi connectivity index (χ0v) is 11.6. The summed E-state index contributed by atoms with van der Waals surface area (Å²) in [6.45, 7) is 10.0. The highest BCUT2D eigenvalue weighted by Gasteiger charge is 2.16. The summed E-state index contributed by atoms with van der Waals surface area (Å²) in [6.07, 6.45) is 9.17. The standard InChI is InChI=1S/C14H27N3/c1-4-5-6-8-14(2,3)13-15-10-12-17-11-7-9-16-17/h7,9,11,15H,4-6,8,10,12-13H2,1-3H3. The molecule has 0 aliphatic rings. The Morgan fingerprint density at radius 3 is 2.76 bits per heavy atom. The van der Waals surface area contributed by atoms with Crippen molar-refractivity contribution in [3.63, 3.8) is 0 Å². The normalized spacial score (nSPS) is 11.9. The van der Waals surface area contributed by atoms with Gasteiger partial charge in [0.15, 0.2) is 0 Å². The number of hydrogen-bond donors (Lipinski definition) is 1. The first kappa shape index (κ1) is 14.2. The predicted octanol–water partition coefficient (Wildman–Crippen LogP) is 3.08. The highest BCUT2D eigenvalue weighted by atomic mass is 15.3. The van der Waals surface area contributed by atoms with Crippen molar-refractivity contribution in [2.45, 2.75) is 53.0 Å². The third-order valence-corrected chi connectivity index (χ3v) is 3.14. The lowest BCUT2D eigenvalue weighted by molar-refractivity contribution is 0.300. The molecule has 1 heterocycles. The molecular formula is C14H27N3. The van der Waals surface area contributed by atoms with E-state index in [1.807, 2.05) is 23.1 Å². The quantitative estimate of drug-likeness (QED) is 0.669. The minimum atomic E-state index is 0.416.